The van der Waals surface area contributed by atoms with Crippen LogP contribution < -0.4 is 19.7 Å². The van der Waals surface area contributed by atoms with Crippen molar-refractivity contribution in [2.24, 2.45) is 0 Å². The number of nitrogens with one attached hydrogen (secondary N) is 3. The Balaban J connectivity index is 0.000000170. The minimum Gasteiger partial charge on any atom is -0.390 e. The first-order valence-corrected chi connectivity index (χ1v) is 27.1. The van der Waals surface area contributed by atoms with Gasteiger partial charge in [-0.3, -0.25) is 19.0 Å². The summed E-state index contributed by atoms with van der Waals surface area (Å²) in [5.74, 6) is 0.142. The molecule has 2 atom stereocenters. The molecule has 0 aliphatic carbocycles. The van der Waals surface area contributed by atoms with Crippen LogP contribution in [-0.2, 0) is 20.0 Å². The zero-order valence-electron chi connectivity index (χ0n) is 37.5. The van der Waals surface area contributed by atoms with Crippen LogP contribution in [0.15, 0.2) is 73.1 Å². The van der Waals surface area contributed by atoms with Crippen LogP contribution in [0.1, 0.15) is 82.7 Å². The summed E-state index contributed by atoms with van der Waals surface area (Å²) in [7, 11) is -7.14. The lowest BCUT2D eigenvalue weighted by Crippen LogP contribution is -2.51. The van der Waals surface area contributed by atoms with E-state index in [2.05, 4.69) is 29.9 Å². The summed E-state index contributed by atoms with van der Waals surface area (Å²) in [6.07, 6.45) is 10.3. The van der Waals surface area contributed by atoms with Crippen LogP contribution in [0.3, 0.4) is 0 Å². The van der Waals surface area contributed by atoms with Crippen molar-refractivity contribution in [1.29, 1.82) is 0 Å². The maximum Gasteiger partial charge on any atom is 0.256 e. The monoisotopic (exact) mass is 1040 g/mol. The lowest BCUT2D eigenvalue weighted by atomic mass is 9.98. The molecule has 20 nitrogen and oxygen atoms in total. The third-order valence-electron chi connectivity index (χ3n) is 11.8. The second-order valence-electron chi connectivity index (χ2n) is 17.3. The Morgan fingerprint density at radius 1 is 0.652 bits per heavy atom. The molecule has 6 aromatic rings. The molecule has 2 amide bonds. The Hall–Kier alpha value is -5.33. The van der Waals surface area contributed by atoms with Crippen molar-refractivity contribution >= 4 is 95.2 Å². The van der Waals surface area contributed by atoms with Crippen molar-refractivity contribution < 1.29 is 36.6 Å². The van der Waals surface area contributed by atoms with Crippen molar-refractivity contribution in [2.75, 3.05) is 66.1 Å². The van der Waals surface area contributed by atoms with Gasteiger partial charge in [0.05, 0.1) is 83.1 Å². The molecule has 4 saturated heterocycles. The Morgan fingerprint density at radius 3 is 1.55 bits per heavy atom. The van der Waals surface area contributed by atoms with E-state index in [1.54, 1.807) is 43.2 Å². The molecule has 4 fully saturated rings. The van der Waals surface area contributed by atoms with Crippen LogP contribution >= 0.6 is 34.8 Å². The number of sulfonamides is 2. The molecule has 5 N–H and O–H groups in total. The number of aliphatic hydroxyl groups excluding tert-OH is 2. The predicted molar refractivity (Wildman–Crippen MR) is 263 cm³/mol. The lowest BCUT2D eigenvalue weighted by molar-refractivity contribution is 0.0601. The van der Waals surface area contributed by atoms with Crippen LogP contribution in [0.4, 0.5) is 17.2 Å². The average Bonchev–Trinajstić information content (AvgIpc) is 3.91. The first kappa shape index (κ1) is 50.1. The van der Waals surface area contributed by atoms with E-state index in [1.165, 1.54) is 30.3 Å². The fourth-order valence-electron chi connectivity index (χ4n) is 8.41. The molecule has 0 bridgehead atoms. The molecule has 4 aliphatic rings. The number of carbonyl (C=O) groups is 2. The number of piperidine rings is 2. The number of fused-ring (bicyclic) bond motifs is 2. The number of likely N-dealkylation sites (tertiary alicyclic amines) is 2. The Labute approximate surface area is 413 Å². The van der Waals surface area contributed by atoms with Gasteiger partial charge in [-0.15, -0.1) is 5.10 Å². The fraction of sp³-hybridized carbons (Fsp3) is 0.409. The van der Waals surface area contributed by atoms with E-state index in [0.717, 1.165) is 75.6 Å². The van der Waals surface area contributed by atoms with E-state index < -0.39 is 20.0 Å². The van der Waals surface area contributed by atoms with Gasteiger partial charge in [0, 0.05) is 49.3 Å². The van der Waals surface area contributed by atoms with Gasteiger partial charge in [0.2, 0.25) is 20.0 Å². The molecule has 0 saturated carbocycles. The number of amides is 2. The number of nitrogens with zero attached hydrogens (tertiary/aromatic N) is 9. The second-order valence-corrected chi connectivity index (χ2v) is 22.1. The van der Waals surface area contributed by atoms with Crippen LogP contribution in [0.5, 0.6) is 0 Å². The Morgan fingerprint density at radius 2 is 1.12 bits per heavy atom. The zero-order valence-corrected chi connectivity index (χ0v) is 41.4. The topological polar surface area (TPSA) is 249 Å². The molecular formula is C44H51Cl3N12O8S2. The number of halogens is 3. The SMILES string of the molecule is CS(=O)(=O)Nc1ccc(Cl)cc1C(=O)N1CCCC[C@H]1c1cn2nc(Cl)ccc2n1.CS(=O)(=O)Nc1ccc(Cl)cc1C(=O)N1CCCC[C@H]1c1cn2nc(N3CC(O)C3)ccc2n1.OC1CNC1. The number of benzene rings is 2. The first-order chi connectivity index (χ1) is 32.8. The van der Waals surface area contributed by atoms with Crippen LogP contribution in [0.25, 0.3) is 11.3 Å². The maximum atomic E-state index is 13.6. The van der Waals surface area contributed by atoms with Crippen LogP contribution in [0, 0.1) is 0 Å². The number of aromatic nitrogens is 6. The summed E-state index contributed by atoms with van der Waals surface area (Å²) < 4.78 is 55.3. The van der Waals surface area contributed by atoms with E-state index >= 15 is 0 Å². The van der Waals surface area contributed by atoms with Gasteiger partial charge in [-0.05, 0) is 99.2 Å². The van der Waals surface area contributed by atoms with E-state index in [9.17, 15) is 31.5 Å². The molecule has 8 heterocycles. The third kappa shape index (κ3) is 12.3. The van der Waals surface area contributed by atoms with Gasteiger partial charge in [-0.2, -0.15) is 5.10 Å². The molecule has 0 unspecified atom stereocenters. The number of carbonyl (C=O) groups excluding carboxylic acids is 2. The van der Waals surface area contributed by atoms with E-state index in [4.69, 9.17) is 44.9 Å². The van der Waals surface area contributed by atoms with Crippen LogP contribution in [0.2, 0.25) is 15.2 Å². The highest BCUT2D eigenvalue weighted by molar-refractivity contribution is 7.92. The van der Waals surface area contributed by atoms with Gasteiger partial charge < -0.3 is 30.2 Å². The smallest absolute Gasteiger partial charge is 0.256 e. The third-order valence-corrected chi connectivity index (χ3v) is 13.7. The van der Waals surface area contributed by atoms with Gasteiger partial charge in [-0.25, -0.2) is 35.8 Å². The highest BCUT2D eigenvalue weighted by atomic mass is 35.5. The van der Waals surface area contributed by atoms with E-state index in [-0.39, 0.29) is 58.6 Å². The van der Waals surface area contributed by atoms with Crippen molar-refractivity contribution in [3.63, 3.8) is 0 Å². The summed E-state index contributed by atoms with van der Waals surface area (Å²) in [6.45, 7) is 3.73. The van der Waals surface area contributed by atoms with Crippen LogP contribution in [-0.4, -0.2) is 142 Å². The van der Waals surface area contributed by atoms with E-state index in [1.807, 2.05) is 23.2 Å². The maximum absolute atomic E-state index is 13.6. The molecule has 4 aliphatic heterocycles. The molecule has 69 heavy (non-hydrogen) atoms. The molecule has 10 rings (SSSR count). The number of hydrogen-bond acceptors (Lipinski definition) is 14. The molecule has 0 radical (unpaired) electrons. The standard InChI is InChI=1S/C22H25ClN6O4S.C19H19Cl2N5O3S.C3H7NO/c1-34(32,33)26-17-6-5-14(23)10-16(17)22(31)28-9-3-2-4-19(28)18-13-29-20(24-18)7-8-21(25-29)27-11-15(30)12-27;1-30(28,29)24-14-6-5-12(20)10-13(14)19(27)25-9-3-2-4-16(25)15-11-26-18(22-15)8-7-17(21)23-26;5-3-1-4-2-3/h5-8,10,13,15,19,26,30H,2-4,9,11-12H2,1H3;5-8,10-11,16,24H,2-4,9H2,1H3;3-5H,1-2H2/t19-;16-;/m00./s1. The van der Waals surface area contributed by atoms with E-state index in [0.29, 0.717) is 58.4 Å². The molecular weight excluding hydrogens is 995 g/mol. The average molecular weight is 1050 g/mol. The van der Waals surface area contributed by atoms with Gasteiger partial charge >= 0.3 is 0 Å². The molecule has 4 aromatic heterocycles. The van der Waals surface area contributed by atoms with Gasteiger partial charge in [0.25, 0.3) is 11.8 Å². The summed E-state index contributed by atoms with van der Waals surface area (Å²) in [4.78, 5) is 41.9. The number of aliphatic hydroxyl groups is 2. The lowest BCUT2D eigenvalue weighted by Gasteiger charge is -2.36. The normalized spacial score (nSPS) is 18.9. The van der Waals surface area contributed by atoms with Crippen molar-refractivity contribution in [2.45, 2.75) is 62.8 Å². The van der Waals surface area contributed by atoms with Crippen molar-refractivity contribution in [3.8, 4) is 0 Å². The summed E-state index contributed by atoms with van der Waals surface area (Å²) >= 11 is 18.2. The Bertz CT molecular complexity index is 3090. The predicted octanol–water partition coefficient (Wildman–Crippen LogP) is 5.03. The minimum absolute atomic E-state index is 0.0463. The number of rotatable bonds is 9. The van der Waals surface area contributed by atoms with Gasteiger partial charge in [0.15, 0.2) is 11.3 Å². The number of hydrogen-bond donors (Lipinski definition) is 5. The summed E-state index contributed by atoms with van der Waals surface area (Å²) in [5, 5.41) is 30.7. The fourth-order valence-corrected chi connectivity index (χ4v) is 10.1. The summed E-state index contributed by atoms with van der Waals surface area (Å²) in [6, 6.07) is 15.7. The second kappa shape index (κ2) is 20.9. The van der Waals surface area contributed by atoms with Crippen molar-refractivity contribution in [1.82, 2.24) is 44.3 Å². The number of imidazole rings is 2. The molecule has 0 spiro atoms. The van der Waals surface area contributed by atoms with Crippen molar-refractivity contribution in [3.05, 3.63) is 111 Å². The number of β-amino-alcohol motifs (C(OH)–C–C–N with tert-alkyl or cyclic N) is 2. The minimum atomic E-state index is -3.58. The zero-order chi connectivity index (χ0) is 49.2. The number of anilines is 3. The molecule has 368 valence electrons. The summed E-state index contributed by atoms with van der Waals surface area (Å²) in [5.41, 5.74) is 3.52. The largest absolute Gasteiger partial charge is 0.390 e. The molecule has 25 heteroatoms. The van der Waals surface area contributed by atoms with Gasteiger partial charge in [0.1, 0.15) is 11.0 Å². The Kier molecular flexibility index (Phi) is 15.2. The highest BCUT2D eigenvalue weighted by Gasteiger charge is 2.34. The molecule has 2 aromatic carbocycles. The highest BCUT2D eigenvalue weighted by Crippen LogP contribution is 2.36. The quantitative estimate of drug-likeness (QED) is 0.128. The van der Waals surface area contributed by atoms with Gasteiger partial charge in [-0.1, -0.05) is 34.8 Å². The first-order valence-electron chi connectivity index (χ1n) is 22.1.